The Morgan fingerprint density at radius 1 is 0.605 bits per heavy atom. The molecule has 38 heavy (non-hydrogen) atoms. The van der Waals surface area contributed by atoms with Crippen LogP contribution in [0, 0.1) is 0 Å². The second-order valence-electron chi connectivity index (χ2n) is 9.57. The van der Waals surface area contributed by atoms with Gasteiger partial charge in [0.2, 0.25) is 0 Å². The predicted molar refractivity (Wildman–Crippen MR) is 154 cm³/mol. The Bertz CT molecular complexity index is 887. The molecule has 0 aliphatic heterocycles. The molecule has 2 aromatic rings. The lowest BCUT2D eigenvalue weighted by Gasteiger charge is -2.12. The molecule has 0 amide bonds. The molecule has 0 saturated heterocycles. The maximum absolute atomic E-state index is 11.9. The zero-order valence-electron chi connectivity index (χ0n) is 23.3. The Morgan fingerprint density at radius 2 is 1.13 bits per heavy atom. The average molecular weight is 553 g/mol. The molecule has 216 valence electrons. The summed E-state index contributed by atoms with van der Waals surface area (Å²) in [5.74, 6) is 0.842. The van der Waals surface area contributed by atoms with Gasteiger partial charge in [-0.15, -0.1) is 0 Å². The van der Waals surface area contributed by atoms with Crippen molar-refractivity contribution < 1.29 is 32.7 Å². The topological polar surface area (TPSA) is 83.5 Å². The summed E-state index contributed by atoms with van der Waals surface area (Å²) in [4.78, 5) is 9.77. The maximum Gasteiger partial charge on any atom is 0.472 e. The molecule has 0 radical (unpaired) electrons. The maximum atomic E-state index is 11.9. The lowest BCUT2D eigenvalue weighted by Crippen LogP contribution is -2.12. The van der Waals surface area contributed by atoms with Crippen molar-refractivity contribution in [1.82, 2.24) is 0 Å². The van der Waals surface area contributed by atoms with Crippen LogP contribution in [0.25, 0.3) is 10.8 Å². The van der Waals surface area contributed by atoms with Gasteiger partial charge in [-0.1, -0.05) is 114 Å². The third-order valence-electron chi connectivity index (χ3n) is 6.34. The summed E-state index contributed by atoms with van der Waals surface area (Å²) in [6, 6.07) is 14.1. The number of hydrogen-bond acceptors (Lipinski definition) is 6. The lowest BCUT2D eigenvalue weighted by molar-refractivity contribution is 0.0225. The van der Waals surface area contributed by atoms with Gasteiger partial charge in [0.25, 0.3) is 0 Å². The van der Waals surface area contributed by atoms with E-state index < -0.39 is 7.82 Å². The van der Waals surface area contributed by atoms with Gasteiger partial charge in [-0.05, 0) is 17.9 Å². The summed E-state index contributed by atoms with van der Waals surface area (Å²) in [5, 5.41) is 2.22. The minimum absolute atomic E-state index is 0.00356. The van der Waals surface area contributed by atoms with Crippen LogP contribution in [0.1, 0.15) is 84.0 Å². The molecular formula is C30H49O7P. The van der Waals surface area contributed by atoms with Crippen LogP contribution in [-0.4, -0.2) is 51.1 Å². The lowest BCUT2D eigenvalue weighted by atomic mass is 10.1. The SMILES string of the molecule is CCCCCCCCCCCCCCOP(=O)(O)OCCOCCOCCOc1cccc2ccccc12. The zero-order valence-corrected chi connectivity index (χ0v) is 24.2. The van der Waals surface area contributed by atoms with E-state index in [2.05, 4.69) is 19.1 Å². The van der Waals surface area contributed by atoms with Crippen molar-refractivity contribution in [1.29, 1.82) is 0 Å². The average Bonchev–Trinajstić information content (AvgIpc) is 2.92. The van der Waals surface area contributed by atoms with E-state index >= 15 is 0 Å². The molecule has 1 atom stereocenters. The van der Waals surface area contributed by atoms with Gasteiger partial charge in [0.1, 0.15) is 12.4 Å². The highest BCUT2D eigenvalue weighted by molar-refractivity contribution is 7.47. The number of rotatable bonds is 25. The number of ether oxygens (including phenoxy) is 3. The molecule has 8 heteroatoms. The Hall–Kier alpha value is -1.47. The monoisotopic (exact) mass is 552 g/mol. The van der Waals surface area contributed by atoms with Crippen LogP contribution in [0.3, 0.4) is 0 Å². The van der Waals surface area contributed by atoms with Gasteiger partial charge in [0.05, 0.1) is 39.6 Å². The van der Waals surface area contributed by atoms with Crippen molar-refractivity contribution in [3.8, 4) is 5.75 Å². The first-order chi connectivity index (χ1) is 18.6. The number of benzene rings is 2. The van der Waals surface area contributed by atoms with Gasteiger partial charge in [-0.25, -0.2) is 4.57 Å². The quantitative estimate of drug-likeness (QED) is 0.0984. The van der Waals surface area contributed by atoms with Crippen molar-refractivity contribution >= 4 is 18.6 Å². The molecule has 0 bridgehead atoms. The Morgan fingerprint density at radius 3 is 1.82 bits per heavy atom. The van der Waals surface area contributed by atoms with Gasteiger partial charge < -0.3 is 19.1 Å². The summed E-state index contributed by atoms with van der Waals surface area (Å²) >= 11 is 0. The van der Waals surface area contributed by atoms with Crippen molar-refractivity contribution in [2.45, 2.75) is 84.0 Å². The van der Waals surface area contributed by atoms with Crippen LogP contribution in [0.2, 0.25) is 0 Å². The predicted octanol–water partition coefficient (Wildman–Crippen LogP) is 8.09. The fourth-order valence-electron chi connectivity index (χ4n) is 4.23. The number of fused-ring (bicyclic) bond motifs is 1. The molecule has 0 aliphatic carbocycles. The zero-order chi connectivity index (χ0) is 27.2. The summed E-state index contributed by atoms with van der Waals surface area (Å²) < 4.78 is 38.7. The highest BCUT2D eigenvalue weighted by Gasteiger charge is 2.20. The second kappa shape index (κ2) is 21.4. The molecular weight excluding hydrogens is 503 g/mol. The molecule has 0 spiro atoms. The fraction of sp³-hybridized carbons (Fsp3) is 0.667. The Kier molecular flexibility index (Phi) is 18.4. The van der Waals surface area contributed by atoms with E-state index in [0.717, 1.165) is 35.8 Å². The normalized spacial score (nSPS) is 13.1. The summed E-state index contributed by atoms with van der Waals surface area (Å²) in [7, 11) is -4.02. The van der Waals surface area contributed by atoms with Crippen LogP contribution < -0.4 is 4.74 Å². The van der Waals surface area contributed by atoms with Crippen molar-refractivity contribution in [2.75, 3.05) is 46.2 Å². The molecule has 2 rings (SSSR count). The molecule has 2 aromatic carbocycles. The molecule has 1 unspecified atom stereocenters. The minimum Gasteiger partial charge on any atom is -0.491 e. The van der Waals surface area contributed by atoms with E-state index in [1.807, 2.05) is 30.3 Å². The summed E-state index contributed by atoms with van der Waals surface area (Å²) in [5.41, 5.74) is 0. The molecule has 7 nitrogen and oxygen atoms in total. The molecule has 0 aromatic heterocycles. The molecule has 0 saturated carbocycles. The van der Waals surface area contributed by atoms with E-state index in [1.165, 1.54) is 57.8 Å². The molecule has 0 fully saturated rings. The number of hydrogen-bond donors (Lipinski definition) is 1. The van der Waals surface area contributed by atoms with Crippen LogP contribution in [0.5, 0.6) is 5.75 Å². The molecule has 0 heterocycles. The van der Waals surface area contributed by atoms with Crippen LogP contribution in [0.4, 0.5) is 0 Å². The smallest absolute Gasteiger partial charge is 0.472 e. The third kappa shape index (κ3) is 15.8. The molecule has 1 N–H and O–H groups in total. The molecule has 0 aliphatic rings. The van der Waals surface area contributed by atoms with Gasteiger partial charge >= 0.3 is 7.82 Å². The van der Waals surface area contributed by atoms with Crippen LogP contribution in [0.15, 0.2) is 42.5 Å². The first-order valence-corrected chi connectivity index (χ1v) is 16.0. The van der Waals surface area contributed by atoms with E-state index in [1.54, 1.807) is 0 Å². The third-order valence-corrected chi connectivity index (χ3v) is 7.36. The van der Waals surface area contributed by atoms with E-state index in [9.17, 15) is 9.46 Å². The number of phosphoric ester groups is 1. The van der Waals surface area contributed by atoms with Crippen molar-refractivity contribution in [3.05, 3.63) is 42.5 Å². The number of phosphoric acid groups is 1. The highest BCUT2D eigenvalue weighted by Crippen LogP contribution is 2.43. The summed E-state index contributed by atoms with van der Waals surface area (Å²) in [6.45, 7) is 4.35. The Labute approximate surface area is 229 Å². The van der Waals surface area contributed by atoms with Crippen LogP contribution in [-0.2, 0) is 23.1 Å². The largest absolute Gasteiger partial charge is 0.491 e. The van der Waals surface area contributed by atoms with Gasteiger partial charge in [-0.2, -0.15) is 0 Å². The first kappa shape index (κ1) is 32.7. The van der Waals surface area contributed by atoms with E-state index in [-0.39, 0.29) is 19.8 Å². The fourth-order valence-corrected chi connectivity index (χ4v) is 4.97. The van der Waals surface area contributed by atoms with Crippen LogP contribution >= 0.6 is 7.82 Å². The standard InChI is InChI=1S/C30H49O7P/c1-2-3-4-5-6-7-8-9-10-11-12-15-21-36-38(31,32)37-27-25-34-23-22-33-24-26-35-30-20-16-18-28-17-13-14-19-29(28)30/h13-14,16-20H,2-12,15,21-27H2,1H3,(H,31,32). The van der Waals surface area contributed by atoms with Crippen molar-refractivity contribution in [3.63, 3.8) is 0 Å². The van der Waals surface area contributed by atoms with E-state index in [4.69, 9.17) is 23.3 Å². The summed E-state index contributed by atoms with van der Waals surface area (Å²) in [6.07, 6.45) is 14.9. The minimum atomic E-state index is -4.02. The number of unbranched alkanes of at least 4 members (excludes halogenated alkanes) is 11. The second-order valence-corrected chi connectivity index (χ2v) is 11.0. The highest BCUT2D eigenvalue weighted by atomic mass is 31.2. The van der Waals surface area contributed by atoms with Crippen molar-refractivity contribution in [2.24, 2.45) is 0 Å². The van der Waals surface area contributed by atoms with Gasteiger partial charge in [-0.3, -0.25) is 9.05 Å². The van der Waals surface area contributed by atoms with Gasteiger partial charge in [0, 0.05) is 5.39 Å². The van der Waals surface area contributed by atoms with E-state index in [0.29, 0.717) is 26.4 Å². The Balaban J connectivity index is 1.34. The first-order valence-electron chi connectivity index (χ1n) is 14.5. The van der Waals surface area contributed by atoms with Gasteiger partial charge in [0.15, 0.2) is 0 Å².